The lowest BCUT2D eigenvalue weighted by atomic mass is 10.1. The van der Waals surface area contributed by atoms with Crippen LogP contribution in [0.15, 0.2) is 24.8 Å². The first kappa shape index (κ1) is 14.8. The van der Waals surface area contributed by atoms with Gasteiger partial charge in [-0.15, -0.1) is 0 Å². The second kappa shape index (κ2) is 6.31. The van der Waals surface area contributed by atoms with Crippen LogP contribution in [0.25, 0.3) is 0 Å². The number of rotatable bonds is 4. The maximum atomic E-state index is 12.5. The number of hydrogen-bond donors (Lipinski definition) is 1. The largest absolute Gasteiger partial charge is 0.347 e. The fraction of sp³-hybridized carbons (Fsp3) is 0.533. The summed E-state index contributed by atoms with van der Waals surface area (Å²) < 4.78 is 1.73. The fourth-order valence-electron chi connectivity index (χ4n) is 2.99. The second-order valence-corrected chi connectivity index (χ2v) is 5.66. The Kier molecular flexibility index (Phi) is 4.24. The van der Waals surface area contributed by atoms with Crippen LogP contribution < -0.4 is 0 Å². The van der Waals surface area contributed by atoms with E-state index < -0.39 is 0 Å². The van der Waals surface area contributed by atoms with Gasteiger partial charge in [-0.2, -0.15) is 5.10 Å². The minimum atomic E-state index is 0.145. The van der Waals surface area contributed by atoms with E-state index in [0.717, 1.165) is 31.0 Å². The third kappa shape index (κ3) is 3.04. The van der Waals surface area contributed by atoms with Gasteiger partial charge in [0.25, 0.3) is 0 Å². The van der Waals surface area contributed by atoms with Crippen LogP contribution in [0.1, 0.15) is 24.4 Å². The molecule has 0 spiro atoms. The number of nitrogens with zero attached hydrogens (tertiary/aromatic N) is 5. The lowest BCUT2D eigenvalue weighted by Gasteiger charge is -2.40. The zero-order chi connectivity index (χ0) is 15.5. The molecule has 7 heteroatoms. The quantitative estimate of drug-likeness (QED) is 0.897. The number of imidazole rings is 1. The number of aromatic nitrogens is 4. The van der Waals surface area contributed by atoms with Gasteiger partial charge in [0.1, 0.15) is 5.82 Å². The minimum absolute atomic E-state index is 0.145. The van der Waals surface area contributed by atoms with Crippen molar-refractivity contribution < 1.29 is 4.79 Å². The van der Waals surface area contributed by atoms with Crippen LogP contribution in [0.4, 0.5) is 0 Å². The molecule has 118 valence electrons. The van der Waals surface area contributed by atoms with Gasteiger partial charge >= 0.3 is 0 Å². The molecule has 7 nitrogen and oxygen atoms in total. The van der Waals surface area contributed by atoms with E-state index in [1.807, 2.05) is 24.3 Å². The van der Waals surface area contributed by atoms with Crippen LogP contribution >= 0.6 is 0 Å². The van der Waals surface area contributed by atoms with E-state index in [4.69, 9.17) is 0 Å². The van der Waals surface area contributed by atoms with Gasteiger partial charge < -0.3 is 9.88 Å². The molecule has 22 heavy (non-hydrogen) atoms. The topological polar surface area (TPSA) is 70.0 Å². The molecule has 1 amide bonds. The summed E-state index contributed by atoms with van der Waals surface area (Å²) in [5.41, 5.74) is 0.958. The Morgan fingerprint density at radius 2 is 2.32 bits per heavy atom. The fourth-order valence-corrected chi connectivity index (χ4v) is 2.99. The number of nitrogens with one attached hydrogen (secondary N) is 1. The van der Waals surface area contributed by atoms with Gasteiger partial charge in [-0.1, -0.05) is 6.92 Å². The zero-order valence-electron chi connectivity index (χ0n) is 13.1. The molecule has 0 bridgehead atoms. The number of amides is 1. The molecule has 0 aliphatic carbocycles. The maximum absolute atomic E-state index is 12.5. The first-order chi connectivity index (χ1) is 10.7. The summed E-state index contributed by atoms with van der Waals surface area (Å²) in [6.45, 7) is 5.42. The SMILES string of the molecule is CCN1CCN(C(=O)Cc2cnn(C)c2)C[C@@H]1c1ncc[nH]1. The number of H-pyrrole nitrogens is 1. The summed E-state index contributed by atoms with van der Waals surface area (Å²) in [5.74, 6) is 1.08. The van der Waals surface area contributed by atoms with Gasteiger partial charge in [0.05, 0.1) is 18.7 Å². The molecule has 1 aliphatic rings. The summed E-state index contributed by atoms with van der Waals surface area (Å²) in [5, 5.41) is 4.12. The molecule has 0 aromatic carbocycles. The number of likely N-dealkylation sites (N-methyl/N-ethyl adjacent to an activating group) is 1. The molecule has 1 aliphatic heterocycles. The van der Waals surface area contributed by atoms with E-state index in [0.29, 0.717) is 13.0 Å². The molecular weight excluding hydrogens is 280 g/mol. The average Bonchev–Trinajstić information content (AvgIpc) is 3.18. The molecule has 3 heterocycles. The number of aromatic amines is 1. The first-order valence-electron chi connectivity index (χ1n) is 7.66. The van der Waals surface area contributed by atoms with Crippen molar-refractivity contribution in [1.29, 1.82) is 0 Å². The van der Waals surface area contributed by atoms with Gasteiger partial charge in [-0.3, -0.25) is 14.4 Å². The van der Waals surface area contributed by atoms with Crippen molar-refractivity contribution >= 4 is 5.91 Å². The molecule has 0 unspecified atom stereocenters. The number of carbonyl (C=O) groups excluding carboxylic acids is 1. The zero-order valence-corrected chi connectivity index (χ0v) is 13.1. The van der Waals surface area contributed by atoms with E-state index in [9.17, 15) is 4.79 Å². The molecule has 2 aromatic heterocycles. The predicted octanol–water partition coefficient (Wildman–Crippen LogP) is 0.591. The smallest absolute Gasteiger partial charge is 0.227 e. The van der Waals surface area contributed by atoms with Crippen LogP contribution in [-0.2, 0) is 18.3 Å². The lowest BCUT2D eigenvalue weighted by Crippen LogP contribution is -2.51. The Labute approximate surface area is 129 Å². The van der Waals surface area contributed by atoms with E-state index in [1.54, 1.807) is 17.1 Å². The van der Waals surface area contributed by atoms with Crippen molar-refractivity contribution in [2.45, 2.75) is 19.4 Å². The van der Waals surface area contributed by atoms with Gasteiger partial charge in [0, 0.05) is 45.3 Å². The molecule has 2 aromatic rings. The molecule has 1 atom stereocenters. The standard InChI is InChI=1S/C15H22N6O/c1-3-20-6-7-21(11-13(20)15-16-4-5-17-15)14(22)8-12-9-18-19(2)10-12/h4-5,9-10,13H,3,6-8,11H2,1-2H3,(H,16,17)/t13-/m1/s1. The third-order valence-corrected chi connectivity index (χ3v) is 4.20. The van der Waals surface area contributed by atoms with Crippen molar-refractivity contribution in [1.82, 2.24) is 29.5 Å². The van der Waals surface area contributed by atoms with Gasteiger partial charge in [-0.25, -0.2) is 4.98 Å². The van der Waals surface area contributed by atoms with Crippen LogP contribution in [0.2, 0.25) is 0 Å². The molecular formula is C15H22N6O. The molecule has 1 fully saturated rings. The number of carbonyl (C=O) groups is 1. The summed E-state index contributed by atoms with van der Waals surface area (Å²) in [7, 11) is 1.86. The number of aryl methyl sites for hydroxylation is 1. The Morgan fingerprint density at radius 3 is 2.95 bits per heavy atom. The summed E-state index contributed by atoms with van der Waals surface area (Å²) >= 11 is 0. The summed E-state index contributed by atoms with van der Waals surface area (Å²) in [6.07, 6.45) is 7.65. The Hall–Kier alpha value is -2.15. The highest BCUT2D eigenvalue weighted by atomic mass is 16.2. The average molecular weight is 302 g/mol. The molecule has 1 saturated heterocycles. The van der Waals surface area contributed by atoms with Crippen LogP contribution in [0, 0.1) is 0 Å². The molecule has 1 N–H and O–H groups in total. The highest BCUT2D eigenvalue weighted by Gasteiger charge is 2.31. The highest BCUT2D eigenvalue weighted by molar-refractivity contribution is 5.78. The summed E-state index contributed by atoms with van der Waals surface area (Å²) in [6, 6.07) is 0.145. The van der Waals surface area contributed by atoms with Crippen molar-refractivity contribution in [2.24, 2.45) is 7.05 Å². The number of hydrogen-bond acceptors (Lipinski definition) is 4. The van der Waals surface area contributed by atoms with Crippen molar-refractivity contribution in [2.75, 3.05) is 26.2 Å². The van der Waals surface area contributed by atoms with Crippen molar-refractivity contribution in [3.63, 3.8) is 0 Å². The Bertz CT molecular complexity index is 620. The maximum Gasteiger partial charge on any atom is 0.227 e. The Balaban J connectivity index is 1.68. The monoisotopic (exact) mass is 302 g/mol. The molecule has 0 radical (unpaired) electrons. The first-order valence-corrected chi connectivity index (χ1v) is 7.66. The van der Waals surface area contributed by atoms with E-state index in [1.165, 1.54) is 0 Å². The van der Waals surface area contributed by atoms with Crippen LogP contribution in [0.3, 0.4) is 0 Å². The van der Waals surface area contributed by atoms with Crippen molar-refractivity contribution in [3.8, 4) is 0 Å². The molecule has 0 saturated carbocycles. The van der Waals surface area contributed by atoms with E-state index in [2.05, 4.69) is 26.9 Å². The Morgan fingerprint density at radius 1 is 1.45 bits per heavy atom. The van der Waals surface area contributed by atoms with Crippen LogP contribution in [0.5, 0.6) is 0 Å². The molecule has 3 rings (SSSR count). The highest BCUT2D eigenvalue weighted by Crippen LogP contribution is 2.22. The van der Waals surface area contributed by atoms with Crippen molar-refractivity contribution in [3.05, 3.63) is 36.2 Å². The normalized spacial score (nSPS) is 19.5. The van der Waals surface area contributed by atoms with E-state index in [-0.39, 0.29) is 11.9 Å². The van der Waals surface area contributed by atoms with E-state index >= 15 is 0 Å². The number of piperazine rings is 1. The predicted molar refractivity (Wildman–Crippen MR) is 82.1 cm³/mol. The van der Waals surface area contributed by atoms with Gasteiger partial charge in [0.15, 0.2) is 0 Å². The second-order valence-electron chi connectivity index (χ2n) is 5.66. The van der Waals surface area contributed by atoms with Crippen LogP contribution in [-0.4, -0.2) is 61.6 Å². The third-order valence-electron chi connectivity index (χ3n) is 4.20. The van der Waals surface area contributed by atoms with Gasteiger partial charge in [0.2, 0.25) is 5.91 Å². The van der Waals surface area contributed by atoms with Gasteiger partial charge in [-0.05, 0) is 12.1 Å². The minimum Gasteiger partial charge on any atom is -0.347 e. The lowest BCUT2D eigenvalue weighted by molar-refractivity contribution is -0.133. The summed E-state index contributed by atoms with van der Waals surface area (Å²) in [4.78, 5) is 24.4.